The molecule has 0 radical (unpaired) electrons. The van der Waals surface area contributed by atoms with Gasteiger partial charge >= 0.3 is 5.97 Å². The molecule has 0 aromatic heterocycles. The molecule has 0 heterocycles. The van der Waals surface area contributed by atoms with Crippen LogP contribution < -0.4 is 10.1 Å². The van der Waals surface area contributed by atoms with Gasteiger partial charge in [-0.15, -0.1) is 0 Å². The third-order valence-electron chi connectivity index (χ3n) is 4.49. The smallest absolute Gasteiger partial charge is 0.343 e. The molecule has 0 saturated heterocycles. The molecule has 0 aliphatic carbocycles. The summed E-state index contributed by atoms with van der Waals surface area (Å²) >= 11 is 6.14. The van der Waals surface area contributed by atoms with Crippen LogP contribution in [0.1, 0.15) is 27.0 Å². The number of esters is 1. The molecule has 0 aliphatic rings. The largest absolute Gasteiger partial charge is 0.423 e. The van der Waals surface area contributed by atoms with Gasteiger partial charge in [0.15, 0.2) is 0 Å². The van der Waals surface area contributed by atoms with Gasteiger partial charge in [-0.3, -0.25) is 4.79 Å². The summed E-state index contributed by atoms with van der Waals surface area (Å²) < 4.78 is 5.41. The number of nitrogens with zero attached hydrogens (tertiary/aromatic N) is 1. The Morgan fingerprint density at radius 1 is 1.03 bits per heavy atom. The SMILES string of the molecule is Cc1ccc(C(=O)Oc2cccc(/C=C(\C#N)C(=O)Nc3c(C)cccc3Cl)c2)cc1. The molecule has 3 rings (SSSR count). The van der Waals surface area contributed by atoms with Gasteiger partial charge in [0.1, 0.15) is 17.4 Å². The minimum Gasteiger partial charge on any atom is -0.423 e. The van der Waals surface area contributed by atoms with Crippen molar-refractivity contribution in [2.24, 2.45) is 0 Å². The molecule has 3 aromatic rings. The van der Waals surface area contributed by atoms with E-state index in [1.165, 1.54) is 6.08 Å². The fourth-order valence-corrected chi connectivity index (χ4v) is 3.08. The number of halogens is 1. The minimum absolute atomic E-state index is 0.110. The first-order chi connectivity index (χ1) is 14.9. The predicted octanol–water partition coefficient (Wildman–Crippen LogP) is 5.72. The van der Waals surface area contributed by atoms with E-state index in [0.29, 0.717) is 27.6 Å². The number of carbonyl (C=O) groups is 2. The van der Waals surface area contributed by atoms with Crippen molar-refractivity contribution in [1.29, 1.82) is 5.26 Å². The van der Waals surface area contributed by atoms with Gasteiger partial charge in [-0.2, -0.15) is 5.26 Å². The van der Waals surface area contributed by atoms with Crippen molar-refractivity contribution < 1.29 is 14.3 Å². The number of nitriles is 1. The number of benzene rings is 3. The molecule has 0 saturated carbocycles. The predicted molar refractivity (Wildman–Crippen MR) is 121 cm³/mol. The van der Waals surface area contributed by atoms with Gasteiger partial charge < -0.3 is 10.1 Å². The second-order valence-corrected chi connectivity index (χ2v) is 7.29. The number of aryl methyl sites for hydroxylation is 2. The zero-order chi connectivity index (χ0) is 22.4. The Hall–Kier alpha value is -3.88. The number of para-hydroxylation sites is 1. The second-order valence-electron chi connectivity index (χ2n) is 6.88. The molecule has 5 nitrogen and oxygen atoms in total. The Bertz CT molecular complexity index is 1190. The molecular formula is C25H19ClN2O3. The average molecular weight is 431 g/mol. The summed E-state index contributed by atoms with van der Waals surface area (Å²) in [5.41, 5.74) is 3.13. The van der Waals surface area contributed by atoms with Gasteiger partial charge in [-0.05, 0) is 61.4 Å². The molecule has 0 unspecified atom stereocenters. The Morgan fingerprint density at radius 2 is 1.74 bits per heavy atom. The lowest BCUT2D eigenvalue weighted by Crippen LogP contribution is -2.14. The summed E-state index contributed by atoms with van der Waals surface area (Å²) in [6.07, 6.45) is 1.42. The van der Waals surface area contributed by atoms with Gasteiger partial charge in [0.2, 0.25) is 0 Å². The topological polar surface area (TPSA) is 79.2 Å². The molecule has 1 amide bonds. The van der Waals surface area contributed by atoms with Gasteiger partial charge in [0.05, 0.1) is 16.3 Å². The number of nitrogens with one attached hydrogen (secondary N) is 1. The first-order valence-corrected chi connectivity index (χ1v) is 9.82. The van der Waals surface area contributed by atoms with Crippen molar-refractivity contribution in [2.75, 3.05) is 5.32 Å². The van der Waals surface area contributed by atoms with Gasteiger partial charge in [0, 0.05) is 0 Å². The second kappa shape index (κ2) is 9.75. The number of hydrogen-bond acceptors (Lipinski definition) is 4. The van der Waals surface area contributed by atoms with E-state index in [-0.39, 0.29) is 5.57 Å². The summed E-state index contributed by atoms with van der Waals surface area (Å²) in [6, 6.07) is 20.8. The lowest BCUT2D eigenvalue weighted by Gasteiger charge is -2.10. The highest BCUT2D eigenvalue weighted by Gasteiger charge is 2.14. The van der Waals surface area contributed by atoms with Crippen LogP contribution in [0.15, 0.2) is 72.3 Å². The molecular weight excluding hydrogens is 412 g/mol. The van der Waals surface area contributed by atoms with Crippen LogP contribution in [-0.2, 0) is 4.79 Å². The van der Waals surface area contributed by atoms with Crippen LogP contribution >= 0.6 is 11.6 Å². The number of anilines is 1. The molecule has 154 valence electrons. The van der Waals surface area contributed by atoms with Crippen molar-refractivity contribution in [1.82, 2.24) is 0 Å². The molecule has 3 aromatic carbocycles. The number of ether oxygens (including phenoxy) is 1. The van der Waals surface area contributed by atoms with E-state index in [9.17, 15) is 14.9 Å². The van der Waals surface area contributed by atoms with Gasteiger partial charge in [-0.25, -0.2) is 4.79 Å². The van der Waals surface area contributed by atoms with E-state index in [4.69, 9.17) is 16.3 Å². The molecule has 0 bridgehead atoms. The highest BCUT2D eigenvalue weighted by Crippen LogP contribution is 2.26. The third-order valence-corrected chi connectivity index (χ3v) is 4.81. The van der Waals surface area contributed by atoms with E-state index in [1.807, 2.05) is 38.1 Å². The van der Waals surface area contributed by atoms with E-state index in [1.54, 1.807) is 48.5 Å². The normalized spacial score (nSPS) is 10.8. The Morgan fingerprint density at radius 3 is 2.42 bits per heavy atom. The third kappa shape index (κ3) is 5.59. The van der Waals surface area contributed by atoms with Crippen LogP contribution in [0.3, 0.4) is 0 Å². The zero-order valence-electron chi connectivity index (χ0n) is 17.0. The monoisotopic (exact) mass is 430 g/mol. The molecule has 1 N–H and O–H groups in total. The molecule has 0 atom stereocenters. The number of hydrogen-bond donors (Lipinski definition) is 1. The Kier molecular flexibility index (Phi) is 6.86. The van der Waals surface area contributed by atoms with Crippen molar-refractivity contribution in [3.05, 3.63) is 99.6 Å². The van der Waals surface area contributed by atoms with Crippen molar-refractivity contribution >= 4 is 35.2 Å². The van der Waals surface area contributed by atoms with E-state index >= 15 is 0 Å². The maximum Gasteiger partial charge on any atom is 0.343 e. The number of carbonyl (C=O) groups excluding carboxylic acids is 2. The summed E-state index contributed by atoms with van der Waals surface area (Å²) in [7, 11) is 0. The van der Waals surface area contributed by atoms with E-state index in [0.717, 1.165) is 11.1 Å². The molecule has 0 aliphatic heterocycles. The quantitative estimate of drug-likeness (QED) is 0.243. The number of amides is 1. The van der Waals surface area contributed by atoms with Crippen LogP contribution in [-0.4, -0.2) is 11.9 Å². The summed E-state index contributed by atoms with van der Waals surface area (Å²) in [4.78, 5) is 24.9. The molecule has 0 spiro atoms. The van der Waals surface area contributed by atoms with Crippen molar-refractivity contribution in [2.45, 2.75) is 13.8 Å². The van der Waals surface area contributed by atoms with Crippen LogP contribution in [0.4, 0.5) is 5.69 Å². The molecule has 6 heteroatoms. The maximum atomic E-state index is 12.6. The van der Waals surface area contributed by atoms with Gasteiger partial charge in [0.25, 0.3) is 5.91 Å². The van der Waals surface area contributed by atoms with E-state index < -0.39 is 11.9 Å². The van der Waals surface area contributed by atoms with Crippen LogP contribution in [0, 0.1) is 25.2 Å². The Labute approximate surface area is 185 Å². The summed E-state index contributed by atoms with van der Waals surface area (Å²) in [6.45, 7) is 3.74. The zero-order valence-corrected chi connectivity index (χ0v) is 17.7. The van der Waals surface area contributed by atoms with Crippen LogP contribution in [0.25, 0.3) is 6.08 Å². The first-order valence-electron chi connectivity index (χ1n) is 9.44. The van der Waals surface area contributed by atoms with Crippen LogP contribution in [0.5, 0.6) is 5.75 Å². The standard InChI is InChI=1S/C25H19ClN2O3/c1-16-9-11-19(12-10-16)25(30)31-21-7-4-6-18(14-21)13-20(15-27)24(29)28-23-17(2)5-3-8-22(23)26/h3-14H,1-2H3,(H,28,29)/b20-13+. The van der Waals surface area contributed by atoms with Crippen molar-refractivity contribution in [3.63, 3.8) is 0 Å². The fourth-order valence-electron chi connectivity index (χ4n) is 2.81. The molecule has 0 fully saturated rings. The average Bonchev–Trinajstić information content (AvgIpc) is 2.75. The highest BCUT2D eigenvalue weighted by molar-refractivity contribution is 6.34. The lowest BCUT2D eigenvalue weighted by atomic mass is 10.1. The molecule has 31 heavy (non-hydrogen) atoms. The van der Waals surface area contributed by atoms with E-state index in [2.05, 4.69) is 5.32 Å². The van der Waals surface area contributed by atoms with Crippen LogP contribution in [0.2, 0.25) is 5.02 Å². The summed E-state index contributed by atoms with van der Waals surface area (Å²) in [5, 5.41) is 12.5. The Balaban J connectivity index is 1.78. The van der Waals surface area contributed by atoms with Gasteiger partial charge in [-0.1, -0.05) is 53.6 Å². The minimum atomic E-state index is -0.583. The lowest BCUT2D eigenvalue weighted by molar-refractivity contribution is -0.112. The maximum absolute atomic E-state index is 12.6. The highest BCUT2D eigenvalue weighted by atomic mass is 35.5. The van der Waals surface area contributed by atoms with Crippen molar-refractivity contribution in [3.8, 4) is 11.8 Å². The number of rotatable bonds is 5. The summed E-state index contributed by atoms with van der Waals surface area (Å²) in [5.74, 6) is -0.770. The first kappa shape index (κ1) is 21.8. The fraction of sp³-hybridized carbons (Fsp3) is 0.0800.